The Bertz CT molecular complexity index is 368. The minimum atomic E-state index is 0.0553. The molecule has 1 fully saturated rings. The van der Waals surface area contributed by atoms with Gasteiger partial charge in [-0.25, -0.2) is 0 Å². The maximum atomic E-state index is 6.05. The summed E-state index contributed by atoms with van der Waals surface area (Å²) in [5.74, 6) is 0.859. The Morgan fingerprint density at radius 1 is 1.45 bits per heavy atom. The second-order valence-corrected chi connectivity index (χ2v) is 7.21. The maximum absolute atomic E-state index is 6.05. The van der Waals surface area contributed by atoms with E-state index in [1.165, 1.54) is 37.0 Å². The second kappa shape index (κ2) is 7.58. The molecule has 0 aromatic carbocycles. The molecule has 2 rings (SSSR count). The van der Waals surface area contributed by atoms with Gasteiger partial charge in [0, 0.05) is 18.0 Å². The lowest BCUT2D eigenvalue weighted by Crippen LogP contribution is -2.54. The van der Waals surface area contributed by atoms with Crippen LogP contribution in [0.1, 0.15) is 50.8 Å². The molecule has 20 heavy (non-hydrogen) atoms. The van der Waals surface area contributed by atoms with Gasteiger partial charge in [0.2, 0.25) is 0 Å². The van der Waals surface area contributed by atoms with E-state index in [0.717, 1.165) is 18.9 Å². The summed E-state index contributed by atoms with van der Waals surface area (Å²) in [6.07, 6.45) is 7.34. The van der Waals surface area contributed by atoms with E-state index in [1.54, 1.807) is 0 Å². The highest BCUT2D eigenvalue weighted by molar-refractivity contribution is 7.09. The third-order valence-corrected chi connectivity index (χ3v) is 5.81. The Morgan fingerprint density at radius 3 is 2.75 bits per heavy atom. The highest BCUT2D eigenvalue weighted by atomic mass is 32.1. The van der Waals surface area contributed by atoms with Gasteiger partial charge in [0.05, 0.1) is 5.60 Å². The molecule has 1 aliphatic rings. The highest BCUT2D eigenvalue weighted by Crippen LogP contribution is 2.38. The number of likely N-dealkylation sites (N-methyl/N-ethyl adjacent to an activating group) is 1. The number of hydrogen-bond donors (Lipinski definition) is 1. The maximum Gasteiger partial charge on any atom is 0.0831 e. The van der Waals surface area contributed by atoms with Gasteiger partial charge in [-0.3, -0.25) is 0 Å². The summed E-state index contributed by atoms with van der Waals surface area (Å²) in [5, 5.41) is 5.87. The molecule has 1 aromatic rings. The molecule has 0 aliphatic heterocycles. The number of rotatable bonds is 7. The summed E-state index contributed by atoms with van der Waals surface area (Å²) in [5.41, 5.74) is 0.0553. The summed E-state index contributed by atoms with van der Waals surface area (Å²) in [7, 11) is 1.91. The van der Waals surface area contributed by atoms with Crippen molar-refractivity contribution < 1.29 is 4.74 Å². The molecule has 0 saturated heterocycles. The van der Waals surface area contributed by atoms with Crippen LogP contribution in [-0.2, 0) is 11.2 Å². The van der Waals surface area contributed by atoms with E-state index in [2.05, 4.69) is 36.7 Å². The fraction of sp³-hybridized carbons (Fsp3) is 0.765. The van der Waals surface area contributed by atoms with Crippen molar-refractivity contribution >= 4 is 11.3 Å². The number of thiophene rings is 1. The molecule has 114 valence electrons. The highest BCUT2D eigenvalue weighted by Gasteiger charge is 2.40. The molecule has 1 N–H and O–H groups in total. The molecule has 1 atom stereocenters. The van der Waals surface area contributed by atoms with Crippen LogP contribution in [0.4, 0.5) is 0 Å². The number of nitrogens with one attached hydrogen (secondary N) is 1. The molecular formula is C17H29NOS. The van der Waals surface area contributed by atoms with Gasteiger partial charge in [0.15, 0.2) is 0 Å². The van der Waals surface area contributed by atoms with Crippen LogP contribution in [0.5, 0.6) is 0 Å². The summed E-state index contributed by atoms with van der Waals surface area (Å²) in [4.78, 5) is 1.49. The Kier molecular flexibility index (Phi) is 6.06. The first-order valence-electron chi connectivity index (χ1n) is 8.01. The summed E-state index contributed by atoms with van der Waals surface area (Å²) in [6, 6.07) is 4.87. The molecular weight excluding hydrogens is 266 g/mol. The molecule has 1 unspecified atom stereocenters. The molecule has 0 amide bonds. The fourth-order valence-electron chi connectivity index (χ4n) is 3.48. The van der Waals surface area contributed by atoms with Crippen molar-refractivity contribution in [2.24, 2.45) is 5.92 Å². The van der Waals surface area contributed by atoms with Gasteiger partial charge in [0.25, 0.3) is 0 Å². The van der Waals surface area contributed by atoms with Crippen LogP contribution in [0.2, 0.25) is 0 Å². The minimum Gasteiger partial charge on any atom is -0.377 e. The lowest BCUT2D eigenvalue weighted by molar-refractivity contribution is -0.0760. The zero-order valence-corrected chi connectivity index (χ0v) is 14.0. The van der Waals surface area contributed by atoms with Crippen LogP contribution in [0.3, 0.4) is 0 Å². The average molecular weight is 295 g/mol. The normalized spacial score (nSPS) is 28.4. The van der Waals surface area contributed by atoms with Gasteiger partial charge < -0.3 is 10.1 Å². The Balaban J connectivity index is 2.01. The minimum absolute atomic E-state index is 0.0553. The Labute approximate surface area is 127 Å². The monoisotopic (exact) mass is 295 g/mol. The smallest absolute Gasteiger partial charge is 0.0831 e. The number of ether oxygens (including phenoxy) is 1. The molecule has 2 nitrogen and oxygen atoms in total. The van der Waals surface area contributed by atoms with Crippen molar-refractivity contribution in [3.8, 4) is 0 Å². The van der Waals surface area contributed by atoms with Crippen LogP contribution in [0.25, 0.3) is 0 Å². The van der Waals surface area contributed by atoms with Crippen LogP contribution < -0.4 is 5.32 Å². The van der Waals surface area contributed by atoms with Crippen LogP contribution in [0.15, 0.2) is 17.5 Å². The number of aryl methyl sites for hydroxylation is 1. The van der Waals surface area contributed by atoms with E-state index in [1.807, 2.05) is 18.4 Å². The molecule has 0 spiro atoms. The quantitative estimate of drug-likeness (QED) is 0.812. The van der Waals surface area contributed by atoms with Gasteiger partial charge in [-0.2, -0.15) is 0 Å². The fourth-order valence-corrected chi connectivity index (χ4v) is 4.21. The van der Waals surface area contributed by atoms with Gasteiger partial charge in [-0.1, -0.05) is 19.9 Å². The topological polar surface area (TPSA) is 21.3 Å². The van der Waals surface area contributed by atoms with Crippen molar-refractivity contribution in [2.45, 2.75) is 64.0 Å². The third-order valence-electron chi connectivity index (χ3n) is 4.87. The second-order valence-electron chi connectivity index (χ2n) is 6.18. The predicted molar refractivity (Wildman–Crippen MR) is 87.5 cm³/mol. The van der Waals surface area contributed by atoms with E-state index < -0.39 is 0 Å². The van der Waals surface area contributed by atoms with E-state index in [4.69, 9.17) is 4.74 Å². The molecule has 1 aromatic heterocycles. The van der Waals surface area contributed by atoms with Crippen molar-refractivity contribution in [2.75, 3.05) is 13.7 Å². The molecule has 1 heterocycles. The number of hydrogen-bond acceptors (Lipinski definition) is 3. The van der Waals surface area contributed by atoms with Gasteiger partial charge in [-0.15, -0.1) is 11.3 Å². The first-order chi connectivity index (χ1) is 9.70. The molecule has 3 heteroatoms. The van der Waals surface area contributed by atoms with E-state index in [9.17, 15) is 0 Å². The van der Waals surface area contributed by atoms with Crippen molar-refractivity contribution in [1.82, 2.24) is 5.32 Å². The summed E-state index contributed by atoms with van der Waals surface area (Å²) in [6.45, 7) is 5.59. The Hall–Kier alpha value is -0.380. The van der Waals surface area contributed by atoms with Gasteiger partial charge in [0.1, 0.15) is 0 Å². The lowest BCUT2D eigenvalue weighted by atomic mass is 9.74. The molecule has 0 radical (unpaired) electrons. The van der Waals surface area contributed by atoms with Crippen LogP contribution in [-0.4, -0.2) is 25.3 Å². The zero-order chi connectivity index (χ0) is 14.4. The largest absolute Gasteiger partial charge is 0.377 e. The van der Waals surface area contributed by atoms with Crippen molar-refractivity contribution in [1.29, 1.82) is 0 Å². The summed E-state index contributed by atoms with van der Waals surface area (Å²) < 4.78 is 6.05. The molecule has 0 bridgehead atoms. The third kappa shape index (κ3) is 3.84. The summed E-state index contributed by atoms with van der Waals surface area (Å²) >= 11 is 1.87. The standard InChI is InChI=1S/C17H29NOS/c1-4-18-16(8-7-15-6-5-13-20-15)17(19-3)11-9-14(2)10-12-17/h5-6,13-14,16,18H,4,7-12H2,1-3H3. The zero-order valence-electron chi connectivity index (χ0n) is 13.2. The SMILES string of the molecule is CCNC(CCc1cccs1)C1(OC)CCC(C)CC1. The van der Waals surface area contributed by atoms with Crippen molar-refractivity contribution in [3.05, 3.63) is 22.4 Å². The van der Waals surface area contributed by atoms with Gasteiger partial charge in [-0.05, 0) is 62.4 Å². The predicted octanol–water partition coefficient (Wildman–Crippen LogP) is 4.25. The van der Waals surface area contributed by atoms with Gasteiger partial charge >= 0.3 is 0 Å². The molecule has 1 aliphatic carbocycles. The average Bonchev–Trinajstić information content (AvgIpc) is 2.98. The van der Waals surface area contributed by atoms with E-state index >= 15 is 0 Å². The first kappa shape index (κ1) is 16.0. The number of methoxy groups -OCH3 is 1. The van der Waals surface area contributed by atoms with E-state index in [-0.39, 0.29) is 5.60 Å². The van der Waals surface area contributed by atoms with Crippen molar-refractivity contribution in [3.63, 3.8) is 0 Å². The lowest BCUT2D eigenvalue weighted by Gasteiger charge is -2.44. The molecule has 1 saturated carbocycles. The van der Waals surface area contributed by atoms with E-state index in [0.29, 0.717) is 6.04 Å². The Morgan fingerprint density at radius 2 is 2.20 bits per heavy atom. The van der Waals surface area contributed by atoms with Crippen LogP contribution >= 0.6 is 11.3 Å². The van der Waals surface area contributed by atoms with Crippen LogP contribution in [0, 0.1) is 5.92 Å². The first-order valence-corrected chi connectivity index (χ1v) is 8.89.